The lowest BCUT2D eigenvalue weighted by molar-refractivity contribution is 0.198. The number of pyridine rings is 1. The summed E-state index contributed by atoms with van der Waals surface area (Å²) in [7, 11) is 2.13. The van der Waals surface area contributed by atoms with E-state index in [2.05, 4.69) is 27.1 Å². The van der Waals surface area contributed by atoms with Crippen LogP contribution in [-0.2, 0) is 0 Å². The first kappa shape index (κ1) is 13.5. The summed E-state index contributed by atoms with van der Waals surface area (Å²) in [6, 6.07) is 6.12. The Kier molecular flexibility index (Phi) is 3.38. The molecule has 3 aromatic heterocycles. The van der Waals surface area contributed by atoms with E-state index in [1.54, 1.807) is 0 Å². The third-order valence-corrected chi connectivity index (χ3v) is 4.34. The van der Waals surface area contributed by atoms with Gasteiger partial charge in [0.05, 0.1) is 6.04 Å². The molecule has 0 amide bonds. The molecule has 1 saturated heterocycles. The summed E-state index contributed by atoms with van der Waals surface area (Å²) in [6.45, 7) is 1.08. The maximum atomic E-state index is 5.53. The van der Waals surface area contributed by atoms with Crippen LogP contribution in [-0.4, -0.2) is 38.0 Å². The van der Waals surface area contributed by atoms with Crippen LogP contribution in [0.5, 0.6) is 0 Å². The van der Waals surface area contributed by atoms with Gasteiger partial charge in [-0.1, -0.05) is 24.1 Å². The second kappa shape index (κ2) is 5.53. The van der Waals surface area contributed by atoms with Crippen LogP contribution in [0.1, 0.15) is 37.6 Å². The van der Waals surface area contributed by atoms with E-state index in [-0.39, 0.29) is 6.04 Å². The Morgan fingerprint density at radius 1 is 1.18 bits per heavy atom. The predicted molar refractivity (Wildman–Crippen MR) is 82.3 cm³/mol. The molecule has 22 heavy (non-hydrogen) atoms. The highest BCUT2D eigenvalue weighted by Gasteiger charge is 2.25. The van der Waals surface area contributed by atoms with Crippen LogP contribution in [0.2, 0.25) is 0 Å². The summed E-state index contributed by atoms with van der Waals surface area (Å²) < 4.78 is 7.49. The summed E-state index contributed by atoms with van der Waals surface area (Å²) in [5, 5.41) is 4.13. The van der Waals surface area contributed by atoms with Crippen LogP contribution in [0.4, 0.5) is 0 Å². The zero-order valence-electron chi connectivity index (χ0n) is 12.6. The smallest absolute Gasteiger partial charge is 0.244 e. The van der Waals surface area contributed by atoms with Gasteiger partial charge in [0, 0.05) is 12.4 Å². The number of imidazole rings is 1. The Labute approximate surface area is 128 Å². The first-order valence-corrected chi connectivity index (χ1v) is 7.79. The lowest BCUT2D eigenvalue weighted by atomic mass is 10.1. The maximum Gasteiger partial charge on any atom is 0.244 e. The van der Waals surface area contributed by atoms with Crippen LogP contribution in [0.15, 0.2) is 35.1 Å². The normalized spacial score (nSPS) is 20.3. The molecule has 6 heteroatoms. The van der Waals surface area contributed by atoms with Gasteiger partial charge in [-0.2, -0.15) is 4.98 Å². The quantitative estimate of drug-likeness (QED) is 0.728. The van der Waals surface area contributed by atoms with Gasteiger partial charge in [-0.05, 0) is 38.6 Å². The molecule has 0 bridgehead atoms. The first-order chi connectivity index (χ1) is 10.8. The average molecular weight is 297 g/mol. The minimum atomic E-state index is 0.223. The van der Waals surface area contributed by atoms with Gasteiger partial charge in [-0.3, -0.25) is 4.90 Å². The third kappa shape index (κ3) is 2.39. The standard InChI is InChI=1S/C16H19N5O/c1-20-9-5-2-3-7-13(20)16-18-15(19-22-16)12-11-21-10-6-4-8-14(21)17-12/h4,6,8,10-11,13H,2-3,5,7,9H2,1H3. The molecule has 6 nitrogen and oxygen atoms in total. The van der Waals surface area contributed by atoms with Crippen molar-refractivity contribution in [3.63, 3.8) is 0 Å². The molecule has 0 aliphatic carbocycles. The summed E-state index contributed by atoms with van der Waals surface area (Å²) in [5.74, 6) is 1.27. The van der Waals surface area contributed by atoms with Gasteiger partial charge in [0.1, 0.15) is 11.3 Å². The molecule has 1 atom stereocenters. The van der Waals surface area contributed by atoms with Crippen molar-refractivity contribution in [2.45, 2.75) is 31.7 Å². The maximum absolute atomic E-state index is 5.53. The van der Waals surface area contributed by atoms with Crippen molar-refractivity contribution >= 4 is 5.65 Å². The Hall–Kier alpha value is -2.21. The van der Waals surface area contributed by atoms with Crippen molar-refractivity contribution in [1.82, 2.24) is 24.4 Å². The van der Waals surface area contributed by atoms with Crippen molar-refractivity contribution in [3.05, 3.63) is 36.5 Å². The van der Waals surface area contributed by atoms with Crippen LogP contribution in [0.3, 0.4) is 0 Å². The number of fused-ring (bicyclic) bond motifs is 1. The highest BCUT2D eigenvalue weighted by Crippen LogP contribution is 2.29. The van der Waals surface area contributed by atoms with Gasteiger partial charge in [-0.15, -0.1) is 0 Å². The minimum absolute atomic E-state index is 0.223. The fourth-order valence-electron chi connectivity index (χ4n) is 3.08. The van der Waals surface area contributed by atoms with E-state index in [9.17, 15) is 0 Å². The molecule has 1 aliphatic rings. The van der Waals surface area contributed by atoms with E-state index in [4.69, 9.17) is 4.52 Å². The molecule has 1 aliphatic heterocycles. The number of nitrogens with zero attached hydrogens (tertiary/aromatic N) is 5. The minimum Gasteiger partial charge on any atom is -0.337 e. The van der Waals surface area contributed by atoms with E-state index in [1.807, 2.05) is 35.0 Å². The lowest BCUT2D eigenvalue weighted by Crippen LogP contribution is -2.24. The van der Waals surface area contributed by atoms with Crippen molar-refractivity contribution < 1.29 is 4.52 Å². The van der Waals surface area contributed by atoms with Crippen molar-refractivity contribution in [1.29, 1.82) is 0 Å². The molecule has 4 rings (SSSR count). The molecule has 0 aromatic carbocycles. The fourth-order valence-corrected chi connectivity index (χ4v) is 3.08. The monoisotopic (exact) mass is 297 g/mol. The highest BCUT2D eigenvalue weighted by molar-refractivity contribution is 5.54. The number of likely N-dealkylation sites (tertiary alicyclic amines) is 1. The molecule has 3 aromatic rings. The molecule has 1 unspecified atom stereocenters. The largest absolute Gasteiger partial charge is 0.337 e. The third-order valence-electron chi connectivity index (χ3n) is 4.34. The van der Waals surface area contributed by atoms with Crippen molar-refractivity contribution in [2.75, 3.05) is 13.6 Å². The Morgan fingerprint density at radius 3 is 3.05 bits per heavy atom. The molecule has 0 spiro atoms. The predicted octanol–water partition coefficient (Wildman–Crippen LogP) is 2.93. The molecule has 0 saturated carbocycles. The van der Waals surface area contributed by atoms with Crippen LogP contribution < -0.4 is 0 Å². The van der Waals surface area contributed by atoms with E-state index in [1.165, 1.54) is 19.3 Å². The Morgan fingerprint density at radius 2 is 2.14 bits per heavy atom. The second-order valence-electron chi connectivity index (χ2n) is 5.89. The molecule has 0 N–H and O–H groups in total. The first-order valence-electron chi connectivity index (χ1n) is 7.79. The molecule has 4 heterocycles. The molecule has 114 valence electrons. The van der Waals surface area contributed by atoms with Gasteiger partial charge in [-0.25, -0.2) is 4.98 Å². The fraction of sp³-hybridized carbons (Fsp3) is 0.438. The average Bonchev–Trinajstić information content (AvgIpc) is 3.12. The van der Waals surface area contributed by atoms with Crippen LogP contribution in [0.25, 0.3) is 17.2 Å². The van der Waals surface area contributed by atoms with Gasteiger partial charge in [0.2, 0.25) is 11.7 Å². The summed E-state index contributed by atoms with van der Waals surface area (Å²) in [6.07, 6.45) is 8.69. The van der Waals surface area contributed by atoms with Crippen molar-refractivity contribution in [2.24, 2.45) is 0 Å². The van der Waals surface area contributed by atoms with Gasteiger partial charge in [0.15, 0.2) is 0 Å². The zero-order chi connectivity index (χ0) is 14.9. The van der Waals surface area contributed by atoms with Crippen LogP contribution in [0, 0.1) is 0 Å². The van der Waals surface area contributed by atoms with Gasteiger partial charge < -0.3 is 8.92 Å². The second-order valence-corrected chi connectivity index (χ2v) is 5.89. The number of hydrogen-bond acceptors (Lipinski definition) is 5. The SMILES string of the molecule is CN1CCCCCC1c1nc(-c2cn3ccccc3n2)no1. The van der Waals surface area contributed by atoms with E-state index < -0.39 is 0 Å². The lowest BCUT2D eigenvalue weighted by Gasteiger charge is -2.21. The number of aromatic nitrogens is 4. The Bertz CT molecular complexity index is 745. The summed E-state index contributed by atoms with van der Waals surface area (Å²) in [4.78, 5) is 11.5. The van der Waals surface area contributed by atoms with Crippen molar-refractivity contribution in [3.8, 4) is 11.5 Å². The van der Waals surface area contributed by atoms with E-state index in [0.29, 0.717) is 11.7 Å². The summed E-state index contributed by atoms with van der Waals surface area (Å²) >= 11 is 0. The number of hydrogen-bond donors (Lipinski definition) is 0. The topological polar surface area (TPSA) is 59.5 Å². The Balaban J connectivity index is 1.65. The molecular weight excluding hydrogens is 278 g/mol. The number of rotatable bonds is 2. The van der Waals surface area contributed by atoms with E-state index >= 15 is 0 Å². The highest BCUT2D eigenvalue weighted by atomic mass is 16.5. The molecular formula is C16H19N5O. The van der Waals surface area contributed by atoms with Gasteiger partial charge in [0.25, 0.3) is 0 Å². The zero-order valence-corrected chi connectivity index (χ0v) is 12.6. The van der Waals surface area contributed by atoms with Gasteiger partial charge >= 0.3 is 0 Å². The molecule has 0 radical (unpaired) electrons. The van der Waals surface area contributed by atoms with E-state index in [0.717, 1.165) is 24.3 Å². The summed E-state index contributed by atoms with van der Waals surface area (Å²) in [5.41, 5.74) is 1.63. The molecule has 1 fully saturated rings. The van der Waals surface area contributed by atoms with Crippen LogP contribution >= 0.6 is 0 Å².